The molecule has 2 heterocycles. The van der Waals surface area contributed by atoms with Gasteiger partial charge in [-0.25, -0.2) is 12.7 Å². The van der Waals surface area contributed by atoms with E-state index in [1.54, 1.807) is 24.1 Å². The molecule has 1 spiro atoms. The molecule has 9 heteroatoms. The van der Waals surface area contributed by atoms with Crippen LogP contribution in [0.5, 0.6) is 0 Å². The van der Waals surface area contributed by atoms with E-state index in [9.17, 15) is 17.4 Å². The highest BCUT2D eigenvalue weighted by atomic mass is 32.2. The molecule has 26 heavy (non-hydrogen) atoms. The topological polar surface area (TPSA) is 84.0 Å². The third-order valence-electron chi connectivity index (χ3n) is 5.08. The first kappa shape index (κ1) is 19.5. The predicted octanol–water partition coefficient (Wildman–Crippen LogP) is 0.546. The summed E-state index contributed by atoms with van der Waals surface area (Å²) in [7, 11) is -3.20. The summed E-state index contributed by atoms with van der Waals surface area (Å²) in [6.07, 6.45) is 0.784. The number of benzene rings is 1. The molecule has 0 aliphatic carbocycles. The summed E-state index contributed by atoms with van der Waals surface area (Å²) in [5.41, 5.74) is 0.745. The minimum atomic E-state index is -3.44. The molecule has 1 atom stereocenters. The summed E-state index contributed by atoms with van der Waals surface area (Å²) in [6.45, 7) is 1.31. The smallest absolute Gasteiger partial charge is 0.236 e. The maximum atomic E-state index is 12.7. The first-order chi connectivity index (χ1) is 12.4. The van der Waals surface area contributed by atoms with E-state index in [0.717, 1.165) is 5.56 Å². The van der Waals surface area contributed by atoms with Crippen molar-refractivity contribution in [2.45, 2.75) is 23.5 Å². The molecule has 0 radical (unpaired) electrons. The second kappa shape index (κ2) is 7.75. The molecule has 3 rings (SSSR count). The molecule has 0 bridgehead atoms. The van der Waals surface area contributed by atoms with E-state index < -0.39 is 25.7 Å². The van der Waals surface area contributed by atoms with Gasteiger partial charge in [0.2, 0.25) is 15.9 Å². The molecule has 2 saturated heterocycles. The van der Waals surface area contributed by atoms with Crippen LogP contribution in [-0.4, -0.2) is 71.7 Å². The van der Waals surface area contributed by atoms with Gasteiger partial charge in [0, 0.05) is 26.7 Å². The van der Waals surface area contributed by atoms with Crippen LogP contribution in [0.2, 0.25) is 0 Å². The second-order valence-electron chi connectivity index (χ2n) is 6.62. The molecular weight excluding hydrogens is 376 g/mol. The molecule has 1 amide bonds. The summed E-state index contributed by atoms with van der Waals surface area (Å²) < 4.78 is 44.6. The Morgan fingerprint density at radius 3 is 2.46 bits per heavy atom. The lowest BCUT2D eigenvalue weighted by Gasteiger charge is -2.43. The number of hydrogen-bond donors (Lipinski definition) is 0. The van der Waals surface area contributed by atoms with E-state index in [2.05, 4.69) is 0 Å². The maximum Gasteiger partial charge on any atom is 0.236 e. The van der Waals surface area contributed by atoms with Crippen LogP contribution in [0.25, 0.3) is 0 Å². The van der Waals surface area contributed by atoms with Gasteiger partial charge in [0.05, 0.1) is 23.2 Å². The molecular formula is C17H24N2O5S2. The predicted molar refractivity (Wildman–Crippen MR) is 99.2 cm³/mol. The van der Waals surface area contributed by atoms with Crippen LogP contribution >= 0.6 is 0 Å². The van der Waals surface area contributed by atoms with Crippen LogP contribution in [0.1, 0.15) is 18.4 Å². The Kier molecular flexibility index (Phi) is 5.81. The maximum absolute atomic E-state index is 12.7. The fourth-order valence-electron chi connectivity index (χ4n) is 3.67. The van der Waals surface area contributed by atoms with Crippen LogP contribution in [0.4, 0.5) is 0 Å². The zero-order valence-corrected chi connectivity index (χ0v) is 16.4. The van der Waals surface area contributed by atoms with E-state index in [0.29, 0.717) is 26.0 Å². The Bertz CT molecular complexity index is 774. The van der Waals surface area contributed by atoms with Gasteiger partial charge < -0.3 is 9.64 Å². The fourth-order valence-corrected chi connectivity index (χ4v) is 6.93. The van der Waals surface area contributed by atoms with Crippen LogP contribution in [0, 0.1) is 0 Å². The lowest BCUT2D eigenvalue weighted by molar-refractivity contribution is -0.131. The highest BCUT2D eigenvalue weighted by molar-refractivity contribution is 7.88. The van der Waals surface area contributed by atoms with Crippen molar-refractivity contribution in [3.63, 3.8) is 0 Å². The van der Waals surface area contributed by atoms with Crippen molar-refractivity contribution in [2.75, 3.05) is 39.1 Å². The first-order valence-electron chi connectivity index (χ1n) is 8.59. The lowest BCUT2D eigenvalue weighted by Crippen LogP contribution is -2.56. The van der Waals surface area contributed by atoms with E-state index in [1.165, 1.54) is 4.31 Å². The van der Waals surface area contributed by atoms with Gasteiger partial charge in [-0.05, 0) is 18.4 Å². The number of hydrogen-bond acceptors (Lipinski definition) is 5. The molecule has 2 aliphatic rings. The van der Waals surface area contributed by atoms with Crippen molar-refractivity contribution < 1.29 is 22.2 Å². The van der Waals surface area contributed by atoms with E-state index in [-0.39, 0.29) is 30.5 Å². The van der Waals surface area contributed by atoms with Crippen molar-refractivity contribution in [3.05, 3.63) is 35.9 Å². The molecule has 7 nitrogen and oxygen atoms in total. The SMILES string of the molecule is COCCN1C(=O)CS(=O)C12CCN(S(=O)(=O)Cc1ccccc1)CC2. The quantitative estimate of drug-likeness (QED) is 0.696. The summed E-state index contributed by atoms with van der Waals surface area (Å²) >= 11 is 0. The van der Waals surface area contributed by atoms with E-state index in [1.807, 2.05) is 18.2 Å². The van der Waals surface area contributed by atoms with E-state index in [4.69, 9.17) is 4.74 Å². The third-order valence-corrected chi connectivity index (χ3v) is 8.91. The summed E-state index contributed by atoms with van der Waals surface area (Å²) in [4.78, 5) is 13.1. The normalized spacial score (nSPS) is 23.7. The largest absolute Gasteiger partial charge is 0.383 e. The number of rotatable bonds is 6. The number of amides is 1. The molecule has 0 N–H and O–H groups in total. The monoisotopic (exact) mass is 400 g/mol. The van der Waals surface area contributed by atoms with Gasteiger partial charge in [-0.2, -0.15) is 0 Å². The molecule has 1 aromatic carbocycles. The van der Waals surface area contributed by atoms with Crippen molar-refractivity contribution in [1.29, 1.82) is 0 Å². The fraction of sp³-hybridized carbons (Fsp3) is 0.588. The van der Waals surface area contributed by atoms with Crippen LogP contribution in [0.3, 0.4) is 0 Å². The van der Waals surface area contributed by atoms with Gasteiger partial charge in [-0.1, -0.05) is 30.3 Å². The van der Waals surface area contributed by atoms with Gasteiger partial charge in [0.1, 0.15) is 10.6 Å². The van der Waals surface area contributed by atoms with E-state index >= 15 is 0 Å². The highest BCUT2D eigenvalue weighted by Gasteiger charge is 2.53. The minimum absolute atomic E-state index is 0.0144. The Balaban J connectivity index is 1.71. The summed E-state index contributed by atoms with van der Waals surface area (Å²) in [6, 6.07) is 9.07. The van der Waals surface area contributed by atoms with Crippen molar-refractivity contribution >= 4 is 26.7 Å². The van der Waals surface area contributed by atoms with Crippen molar-refractivity contribution in [3.8, 4) is 0 Å². The Hall–Kier alpha value is -1.29. The standard InChI is InChI=1S/C17H24N2O5S2/c1-24-12-11-19-16(20)13-25(21)17(19)7-9-18(10-8-17)26(22,23)14-15-5-3-2-4-6-15/h2-6H,7-14H2,1H3. The van der Waals surface area contributed by atoms with Gasteiger partial charge >= 0.3 is 0 Å². The summed E-state index contributed by atoms with van der Waals surface area (Å²) in [5.74, 6) is -0.169. The number of methoxy groups -OCH3 is 1. The molecule has 144 valence electrons. The average Bonchev–Trinajstić information content (AvgIpc) is 2.84. The second-order valence-corrected chi connectivity index (χ2v) is 10.3. The third kappa shape index (κ3) is 3.71. The molecule has 0 saturated carbocycles. The molecule has 0 aromatic heterocycles. The molecule has 2 aliphatic heterocycles. The average molecular weight is 401 g/mol. The van der Waals surface area contributed by atoms with Crippen molar-refractivity contribution in [2.24, 2.45) is 0 Å². The number of carbonyl (C=O) groups excluding carboxylic acids is 1. The Morgan fingerprint density at radius 2 is 1.85 bits per heavy atom. The molecule has 1 aromatic rings. The molecule has 2 fully saturated rings. The van der Waals surface area contributed by atoms with Gasteiger partial charge in [0.25, 0.3) is 0 Å². The van der Waals surface area contributed by atoms with Gasteiger partial charge in [-0.3, -0.25) is 9.00 Å². The zero-order chi connectivity index (χ0) is 18.8. The Morgan fingerprint density at radius 1 is 1.19 bits per heavy atom. The van der Waals surface area contributed by atoms with Crippen LogP contribution in [0.15, 0.2) is 30.3 Å². The number of piperidine rings is 1. The minimum Gasteiger partial charge on any atom is -0.383 e. The number of ether oxygens (including phenoxy) is 1. The molecule has 1 unspecified atom stereocenters. The van der Waals surface area contributed by atoms with Crippen molar-refractivity contribution in [1.82, 2.24) is 9.21 Å². The van der Waals surface area contributed by atoms with Gasteiger partial charge in [-0.15, -0.1) is 0 Å². The number of carbonyl (C=O) groups is 1. The number of sulfonamides is 1. The zero-order valence-electron chi connectivity index (χ0n) is 14.8. The number of nitrogens with zero attached hydrogens (tertiary/aromatic N) is 2. The van der Waals surface area contributed by atoms with Gasteiger partial charge in [0.15, 0.2) is 0 Å². The first-order valence-corrected chi connectivity index (χ1v) is 11.5. The van der Waals surface area contributed by atoms with Crippen LogP contribution < -0.4 is 0 Å². The lowest BCUT2D eigenvalue weighted by atomic mass is 10.0. The Labute approximate surface area is 156 Å². The highest BCUT2D eigenvalue weighted by Crippen LogP contribution is 2.38. The summed E-state index contributed by atoms with van der Waals surface area (Å²) in [5, 5.41) is 0. The van der Waals surface area contributed by atoms with Crippen LogP contribution in [-0.2, 0) is 36.1 Å².